The van der Waals surface area contributed by atoms with Gasteiger partial charge in [0.2, 0.25) is 0 Å². The Kier molecular flexibility index (Phi) is 2.68. The molecule has 1 saturated carbocycles. The minimum atomic E-state index is -4.22. The van der Waals surface area contributed by atoms with Crippen LogP contribution in [0.5, 0.6) is 0 Å². The number of guanidine groups is 1. The minimum Gasteiger partial charge on any atom is -0.370 e. The number of hydrogen-bond donors (Lipinski definition) is 1. The van der Waals surface area contributed by atoms with Crippen molar-refractivity contribution >= 4 is 5.96 Å². The lowest BCUT2D eigenvalue weighted by Crippen LogP contribution is -2.40. The van der Waals surface area contributed by atoms with Gasteiger partial charge in [-0.2, -0.15) is 13.2 Å². The van der Waals surface area contributed by atoms with Gasteiger partial charge in [0.25, 0.3) is 0 Å². The summed E-state index contributed by atoms with van der Waals surface area (Å²) in [5.41, 5.74) is 5.34. The molecule has 76 valence electrons. The molecule has 6 heteroatoms. The summed E-state index contributed by atoms with van der Waals surface area (Å²) >= 11 is 0. The topological polar surface area (TPSA) is 41.6 Å². The highest BCUT2D eigenvalue weighted by Crippen LogP contribution is 2.23. The summed E-state index contributed by atoms with van der Waals surface area (Å²) < 4.78 is 35.6. The second kappa shape index (κ2) is 3.43. The van der Waals surface area contributed by atoms with E-state index in [1.54, 1.807) is 0 Å². The zero-order valence-electron chi connectivity index (χ0n) is 7.30. The van der Waals surface area contributed by atoms with Crippen LogP contribution in [0.1, 0.15) is 12.8 Å². The molecule has 0 spiro atoms. The van der Waals surface area contributed by atoms with Crippen molar-refractivity contribution in [1.82, 2.24) is 4.90 Å². The number of halogens is 3. The molecule has 0 aromatic heterocycles. The van der Waals surface area contributed by atoms with E-state index < -0.39 is 12.7 Å². The van der Waals surface area contributed by atoms with Gasteiger partial charge in [0.15, 0.2) is 5.96 Å². The molecule has 0 bridgehead atoms. The van der Waals surface area contributed by atoms with Crippen LogP contribution < -0.4 is 5.73 Å². The van der Waals surface area contributed by atoms with Crippen molar-refractivity contribution in [2.75, 3.05) is 13.6 Å². The van der Waals surface area contributed by atoms with Crippen LogP contribution in [0.4, 0.5) is 13.2 Å². The van der Waals surface area contributed by atoms with Crippen LogP contribution in [0.15, 0.2) is 4.99 Å². The maximum absolute atomic E-state index is 11.9. The number of aliphatic imine (C=N–C) groups is 1. The summed E-state index contributed by atoms with van der Waals surface area (Å²) in [7, 11) is 1.29. The molecule has 2 N–H and O–H groups in total. The van der Waals surface area contributed by atoms with E-state index in [0.717, 1.165) is 17.7 Å². The first kappa shape index (κ1) is 10.1. The van der Waals surface area contributed by atoms with Crippen molar-refractivity contribution in [3.05, 3.63) is 0 Å². The van der Waals surface area contributed by atoms with E-state index in [0.29, 0.717) is 0 Å². The van der Waals surface area contributed by atoms with Gasteiger partial charge in [0.1, 0.15) is 6.54 Å². The highest BCUT2D eigenvalue weighted by Gasteiger charge is 2.30. The number of alkyl halides is 3. The third-order valence-corrected chi connectivity index (χ3v) is 1.67. The van der Waals surface area contributed by atoms with Crippen molar-refractivity contribution in [2.45, 2.75) is 25.1 Å². The number of nitrogens with two attached hydrogens (primary N) is 1. The summed E-state index contributed by atoms with van der Waals surface area (Å²) in [6.07, 6.45) is -2.36. The summed E-state index contributed by atoms with van der Waals surface area (Å²) in [4.78, 5) is 4.81. The van der Waals surface area contributed by atoms with Crippen molar-refractivity contribution in [3.63, 3.8) is 0 Å². The first-order chi connectivity index (χ1) is 5.88. The molecule has 0 heterocycles. The molecule has 1 rings (SSSR count). The average molecular weight is 195 g/mol. The monoisotopic (exact) mass is 195 g/mol. The first-order valence-corrected chi connectivity index (χ1v) is 3.99. The quantitative estimate of drug-likeness (QED) is 0.526. The number of rotatable bonds is 2. The summed E-state index contributed by atoms with van der Waals surface area (Å²) in [5, 5.41) is 0. The fraction of sp³-hybridized carbons (Fsp3) is 0.857. The third kappa shape index (κ3) is 4.00. The van der Waals surface area contributed by atoms with Gasteiger partial charge in [-0.1, -0.05) is 0 Å². The van der Waals surface area contributed by atoms with Gasteiger partial charge in [0.05, 0.1) is 6.04 Å². The zero-order valence-corrected chi connectivity index (χ0v) is 7.30. The maximum atomic E-state index is 11.9. The summed E-state index contributed by atoms with van der Waals surface area (Å²) in [5.74, 6) is -0.0279. The van der Waals surface area contributed by atoms with E-state index in [9.17, 15) is 13.2 Å². The standard InChI is InChI=1S/C7H12F3N3/c1-13(4-7(8,9)10)6(11)12-5-2-3-5/h5H,2-4H2,1H3,(H2,11,12). The highest BCUT2D eigenvalue weighted by atomic mass is 19.4. The molecule has 13 heavy (non-hydrogen) atoms. The van der Waals surface area contributed by atoms with Crippen LogP contribution >= 0.6 is 0 Å². The van der Waals surface area contributed by atoms with Gasteiger partial charge in [-0.05, 0) is 12.8 Å². The van der Waals surface area contributed by atoms with Crippen LogP contribution in [-0.4, -0.2) is 36.7 Å². The van der Waals surface area contributed by atoms with Crippen molar-refractivity contribution < 1.29 is 13.2 Å². The van der Waals surface area contributed by atoms with Crippen LogP contribution in [0.2, 0.25) is 0 Å². The Bertz CT molecular complexity index is 208. The van der Waals surface area contributed by atoms with E-state index in [4.69, 9.17) is 5.73 Å². The molecule has 0 radical (unpaired) electrons. The maximum Gasteiger partial charge on any atom is 0.406 e. The van der Waals surface area contributed by atoms with Crippen LogP contribution in [0.25, 0.3) is 0 Å². The fourth-order valence-electron chi connectivity index (χ4n) is 0.839. The second-order valence-electron chi connectivity index (χ2n) is 3.19. The lowest BCUT2D eigenvalue weighted by molar-refractivity contribution is -0.135. The fourth-order valence-corrected chi connectivity index (χ4v) is 0.839. The van der Waals surface area contributed by atoms with E-state index >= 15 is 0 Å². The Morgan fingerprint density at radius 1 is 1.54 bits per heavy atom. The molecule has 1 aliphatic carbocycles. The Morgan fingerprint density at radius 3 is 2.46 bits per heavy atom. The lowest BCUT2D eigenvalue weighted by atomic mass is 10.5. The molecule has 0 saturated heterocycles. The molecular formula is C7H12F3N3. The summed E-state index contributed by atoms with van der Waals surface area (Å²) in [6.45, 7) is -1.05. The molecule has 0 unspecified atom stereocenters. The van der Waals surface area contributed by atoms with E-state index in [1.165, 1.54) is 7.05 Å². The Labute approximate surface area is 74.4 Å². The molecule has 0 aromatic carbocycles. The minimum absolute atomic E-state index is 0.0279. The number of hydrogen-bond acceptors (Lipinski definition) is 1. The van der Waals surface area contributed by atoms with Gasteiger partial charge >= 0.3 is 6.18 Å². The predicted molar refractivity (Wildman–Crippen MR) is 43.3 cm³/mol. The average Bonchev–Trinajstić information content (AvgIpc) is 2.67. The van der Waals surface area contributed by atoms with Gasteiger partial charge in [-0.15, -0.1) is 0 Å². The largest absolute Gasteiger partial charge is 0.406 e. The Balaban J connectivity index is 2.41. The molecule has 0 aliphatic heterocycles. The van der Waals surface area contributed by atoms with Crippen molar-refractivity contribution in [1.29, 1.82) is 0 Å². The predicted octanol–water partition coefficient (Wildman–Crippen LogP) is 0.958. The van der Waals surface area contributed by atoms with E-state index in [2.05, 4.69) is 4.99 Å². The molecule has 1 aliphatic rings. The van der Waals surface area contributed by atoms with Crippen LogP contribution in [0, 0.1) is 0 Å². The molecule has 1 fully saturated rings. The highest BCUT2D eigenvalue weighted by molar-refractivity contribution is 5.78. The van der Waals surface area contributed by atoms with Crippen LogP contribution in [0.3, 0.4) is 0 Å². The van der Waals surface area contributed by atoms with Crippen molar-refractivity contribution in [3.8, 4) is 0 Å². The zero-order chi connectivity index (χ0) is 10.1. The molecule has 0 aromatic rings. The van der Waals surface area contributed by atoms with Gasteiger partial charge in [0, 0.05) is 7.05 Å². The van der Waals surface area contributed by atoms with Crippen molar-refractivity contribution in [2.24, 2.45) is 10.7 Å². The smallest absolute Gasteiger partial charge is 0.370 e. The molecule has 3 nitrogen and oxygen atoms in total. The Morgan fingerprint density at radius 2 is 2.08 bits per heavy atom. The lowest BCUT2D eigenvalue weighted by Gasteiger charge is -2.19. The van der Waals surface area contributed by atoms with Gasteiger partial charge in [-0.3, -0.25) is 0 Å². The summed E-state index contributed by atoms with van der Waals surface area (Å²) in [6, 6.07) is 0.149. The molecule has 0 amide bonds. The number of nitrogens with zero attached hydrogens (tertiary/aromatic N) is 2. The third-order valence-electron chi connectivity index (χ3n) is 1.67. The Hall–Kier alpha value is -0.940. The molecule has 0 atom stereocenters. The van der Waals surface area contributed by atoms with Gasteiger partial charge < -0.3 is 10.6 Å². The normalized spacial score (nSPS) is 18.9. The second-order valence-corrected chi connectivity index (χ2v) is 3.19. The SMILES string of the molecule is CN(CC(F)(F)F)C(N)=NC1CC1. The molecular weight excluding hydrogens is 183 g/mol. The van der Waals surface area contributed by atoms with Gasteiger partial charge in [-0.25, -0.2) is 4.99 Å². The van der Waals surface area contributed by atoms with E-state index in [1.807, 2.05) is 0 Å². The van der Waals surface area contributed by atoms with Crippen LogP contribution in [-0.2, 0) is 0 Å². The van der Waals surface area contributed by atoms with E-state index in [-0.39, 0.29) is 12.0 Å². The first-order valence-electron chi connectivity index (χ1n) is 3.99.